The smallest absolute Gasteiger partial charge is 0.342 e. The number of nitrogens with one attached hydrogen (secondary N) is 1. The van der Waals surface area contributed by atoms with Crippen LogP contribution in [0, 0.1) is 11.8 Å². The number of halogens is 5. The zero-order chi connectivity index (χ0) is 15.7. The lowest BCUT2D eigenvalue weighted by atomic mass is 9.92. The SMILES string of the molecule is Cl.Cl.O=C([C@@H]1CNC[C@H]1C(F)(F)F)N1CCC(n2ccnc2)CC1. The average Bonchev–Trinajstić information content (AvgIpc) is 3.17. The maximum atomic E-state index is 13.0. The first-order valence-corrected chi connectivity index (χ1v) is 7.50. The van der Waals surface area contributed by atoms with Gasteiger partial charge < -0.3 is 14.8 Å². The number of rotatable bonds is 2. The fourth-order valence-electron chi connectivity index (χ4n) is 3.39. The molecular formula is C14H21Cl2F3N4O. The van der Waals surface area contributed by atoms with Gasteiger partial charge in [0.1, 0.15) is 0 Å². The largest absolute Gasteiger partial charge is 0.393 e. The van der Waals surface area contributed by atoms with E-state index in [1.807, 2.05) is 10.8 Å². The third-order valence-electron chi connectivity index (χ3n) is 4.67. The van der Waals surface area contributed by atoms with Gasteiger partial charge in [0.15, 0.2) is 0 Å². The quantitative estimate of drug-likeness (QED) is 0.845. The molecule has 10 heteroatoms. The van der Waals surface area contributed by atoms with Crippen molar-refractivity contribution in [1.82, 2.24) is 19.8 Å². The molecular weight excluding hydrogens is 368 g/mol. The Morgan fingerprint density at radius 2 is 1.83 bits per heavy atom. The highest BCUT2D eigenvalue weighted by atomic mass is 35.5. The fraction of sp³-hybridized carbons (Fsp3) is 0.714. The van der Waals surface area contributed by atoms with Crippen LogP contribution in [0.4, 0.5) is 13.2 Å². The summed E-state index contributed by atoms with van der Waals surface area (Å²) < 4.78 is 40.9. The van der Waals surface area contributed by atoms with Gasteiger partial charge in [-0.2, -0.15) is 13.2 Å². The molecule has 24 heavy (non-hydrogen) atoms. The van der Waals surface area contributed by atoms with Crippen molar-refractivity contribution in [3.63, 3.8) is 0 Å². The van der Waals surface area contributed by atoms with Crippen molar-refractivity contribution in [2.75, 3.05) is 26.2 Å². The van der Waals surface area contributed by atoms with Crippen molar-refractivity contribution in [3.05, 3.63) is 18.7 Å². The van der Waals surface area contributed by atoms with Crippen LogP contribution in [0.2, 0.25) is 0 Å². The number of hydrogen-bond acceptors (Lipinski definition) is 3. The van der Waals surface area contributed by atoms with Crippen LogP contribution in [0.5, 0.6) is 0 Å². The van der Waals surface area contributed by atoms with Crippen molar-refractivity contribution in [2.24, 2.45) is 11.8 Å². The molecule has 138 valence electrons. The molecule has 2 fully saturated rings. The predicted molar refractivity (Wildman–Crippen MR) is 87.5 cm³/mol. The minimum atomic E-state index is -4.32. The molecule has 2 atom stereocenters. The number of alkyl halides is 3. The molecule has 0 spiro atoms. The third kappa shape index (κ3) is 4.34. The molecule has 2 aliphatic heterocycles. The number of aromatic nitrogens is 2. The van der Waals surface area contributed by atoms with Crippen molar-refractivity contribution in [1.29, 1.82) is 0 Å². The number of amides is 1. The Labute approximate surface area is 150 Å². The topological polar surface area (TPSA) is 50.2 Å². The van der Waals surface area contributed by atoms with Crippen LogP contribution in [0.15, 0.2) is 18.7 Å². The monoisotopic (exact) mass is 388 g/mol. The third-order valence-corrected chi connectivity index (χ3v) is 4.67. The molecule has 0 aliphatic carbocycles. The van der Waals surface area contributed by atoms with Crippen LogP contribution in [0.25, 0.3) is 0 Å². The van der Waals surface area contributed by atoms with E-state index in [2.05, 4.69) is 10.3 Å². The zero-order valence-electron chi connectivity index (χ0n) is 12.9. The first kappa shape index (κ1) is 21.1. The standard InChI is InChI=1S/C14H19F3N4O.2ClH/c15-14(16,17)12-8-19-7-11(12)13(22)20-4-1-10(2-5-20)21-6-3-18-9-21;;/h3,6,9-12,19H,1-2,4-5,7-8H2;2*1H/t11-,12-;;/m1../s1. The van der Waals surface area contributed by atoms with Gasteiger partial charge >= 0.3 is 6.18 Å². The lowest BCUT2D eigenvalue weighted by Gasteiger charge is -2.35. The van der Waals surface area contributed by atoms with E-state index in [-0.39, 0.29) is 49.9 Å². The summed E-state index contributed by atoms with van der Waals surface area (Å²) in [5, 5.41) is 2.70. The van der Waals surface area contributed by atoms with Gasteiger partial charge in [0.25, 0.3) is 0 Å². The molecule has 5 nitrogen and oxygen atoms in total. The van der Waals surface area contributed by atoms with Crippen molar-refractivity contribution in [3.8, 4) is 0 Å². The van der Waals surface area contributed by atoms with Gasteiger partial charge in [-0.1, -0.05) is 0 Å². The second-order valence-corrected chi connectivity index (χ2v) is 5.98. The van der Waals surface area contributed by atoms with Gasteiger partial charge in [-0.15, -0.1) is 24.8 Å². The molecule has 0 radical (unpaired) electrons. The highest BCUT2D eigenvalue weighted by Crippen LogP contribution is 2.36. The number of nitrogens with zero attached hydrogens (tertiary/aromatic N) is 3. The van der Waals surface area contributed by atoms with Gasteiger partial charge in [0.05, 0.1) is 18.2 Å². The number of carbonyl (C=O) groups excluding carboxylic acids is 1. The summed E-state index contributed by atoms with van der Waals surface area (Å²) in [7, 11) is 0. The minimum absolute atomic E-state index is 0. The van der Waals surface area contributed by atoms with Gasteiger partial charge in [0, 0.05) is 44.6 Å². The van der Waals surface area contributed by atoms with Crippen LogP contribution in [-0.2, 0) is 4.79 Å². The van der Waals surface area contributed by atoms with Crippen molar-refractivity contribution >= 4 is 30.7 Å². The highest BCUT2D eigenvalue weighted by Gasteiger charge is 2.50. The Balaban J connectivity index is 0.00000144. The molecule has 0 bridgehead atoms. The average molecular weight is 389 g/mol. The first-order valence-electron chi connectivity index (χ1n) is 7.50. The summed E-state index contributed by atoms with van der Waals surface area (Å²) in [6.45, 7) is 0.960. The Bertz CT molecular complexity index is 519. The molecule has 3 rings (SSSR count). The van der Waals surface area contributed by atoms with E-state index in [1.165, 1.54) is 0 Å². The number of likely N-dealkylation sites (tertiary alicyclic amines) is 1. The van der Waals surface area contributed by atoms with Crippen molar-refractivity contribution in [2.45, 2.75) is 25.1 Å². The van der Waals surface area contributed by atoms with E-state index in [0.717, 1.165) is 12.8 Å². The summed E-state index contributed by atoms with van der Waals surface area (Å²) in [6, 6.07) is 0.270. The highest BCUT2D eigenvalue weighted by molar-refractivity contribution is 5.85. The molecule has 1 aromatic rings. The molecule has 1 aromatic heterocycles. The molecule has 1 amide bonds. The van der Waals surface area contributed by atoms with E-state index in [9.17, 15) is 18.0 Å². The van der Waals surface area contributed by atoms with Crippen LogP contribution < -0.4 is 5.32 Å². The normalized spacial score (nSPS) is 25.0. The Morgan fingerprint density at radius 3 is 2.38 bits per heavy atom. The molecule has 3 heterocycles. The number of piperidine rings is 1. The van der Waals surface area contributed by atoms with Crippen LogP contribution in [-0.4, -0.2) is 52.7 Å². The first-order chi connectivity index (χ1) is 10.5. The van der Waals surface area contributed by atoms with E-state index in [4.69, 9.17) is 0 Å². The predicted octanol–water partition coefficient (Wildman–Crippen LogP) is 2.29. The Morgan fingerprint density at radius 1 is 1.17 bits per heavy atom. The fourth-order valence-corrected chi connectivity index (χ4v) is 3.39. The van der Waals surface area contributed by atoms with Gasteiger partial charge in [-0.05, 0) is 12.8 Å². The van der Waals surface area contributed by atoms with E-state index in [0.29, 0.717) is 13.1 Å². The molecule has 1 N–H and O–H groups in total. The Kier molecular flexibility index (Phi) is 7.37. The Hall–Kier alpha value is -0.990. The minimum Gasteiger partial charge on any atom is -0.342 e. The van der Waals surface area contributed by atoms with Gasteiger partial charge in [-0.25, -0.2) is 4.98 Å². The molecule has 2 saturated heterocycles. The molecule has 2 aliphatic rings. The second-order valence-electron chi connectivity index (χ2n) is 5.98. The summed E-state index contributed by atoms with van der Waals surface area (Å²) in [4.78, 5) is 18.0. The van der Waals surface area contributed by atoms with Crippen molar-refractivity contribution < 1.29 is 18.0 Å². The van der Waals surface area contributed by atoms with E-state index in [1.54, 1.807) is 17.4 Å². The second kappa shape index (κ2) is 8.40. The maximum Gasteiger partial charge on any atom is 0.393 e. The van der Waals surface area contributed by atoms with Crippen LogP contribution in [0.3, 0.4) is 0 Å². The van der Waals surface area contributed by atoms with Crippen LogP contribution in [0.1, 0.15) is 18.9 Å². The summed E-state index contributed by atoms with van der Waals surface area (Å²) in [5.41, 5.74) is 0. The lowest BCUT2D eigenvalue weighted by molar-refractivity contribution is -0.185. The summed E-state index contributed by atoms with van der Waals surface area (Å²) >= 11 is 0. The number of hydrogen-bond donors (Lipinski definition) is 1. The molecule has 0 aromatic carbocycles. The van der Waals surface area contributed by atoms with E-state index < -0.39 is 18.0 Å². The zero-order valence-corrected chi connectivity index (χ0v) is 14.5. The van der Waals surface area contributed by atoms with Crippen LogP contribution >= 0.6 is 24.8 Å². The molecule has 0 unspecified atom stereocenters. The van der Waals surface area contributed by atoms with Gasteiger partial charge in [-0.3, -0.25) is 4.79 Å². The van der Waals surface area contributed by atoms with Gasteiger partial charge in [0.2, 0.25) is 5.91 Å². The summed E-state index contributed by atoms with van der Waals surface area (Å²) in [6.07, 6.45) is 2.50. The number of carbonyl (C=O) groups is 1. The van der Waals surface area contributed by atoms with E-state index >= 15 is 0 Å². The maximum absolute atomic E-state index is 13.0. The number of imidazole rings is 1. The summed E-state index contributed by atoms with van der Waals surface area (Å²) in [5.74, 6) is -2.91. The lowest BCUT2D eigenvalue weighted by Crippen LogP contribution is -2.46. The molecule has 0 saturated carbocycles.